The van der Waals surface area contributed by atoms with Gasteiger partial charge in [0.15, 0.2) is 0 Å². The second kappa shape index (κ2) is 6.71. The number of aryl methyl sites for hydroxylation is 1. The molecule has 0 aliphatic heterocycles. The molecule has 0 amide bonds. The van der Waals surface area contributed by atoms with E-state index < -0.39 is 0 Å². The SMILES string of the molecule is CCCc1cc(-c2cc(OC)ccc2OC)nc(C#N)n1. The molecule has 1 heterocycles. The molecule has 0 radical (unpaired) electrons. The molecule has 5 nitrogen and oxygen atoms in total. The van der Waals surface area contributed by atoms with Gasteiger partial charge in [0, 0.05) is 11.3 Å². The predicted molar refractivity (Wildman–Crippen MR) is 79.3 cm³/mol. The normalized spacial score (nSPS) is 10.0. The van der Waals surface area contributed by atoms with Crippen LogP contribution in [0.2, 0.25) is 0 Å². The van der Waals surface area contributed by atoms with Crippen molar-refractivity contribution in [2.45, 2.75) is 19.8 Å². The van der Waals surface area contributed by atoms with Gasteiger partial charge < -0.3 is 9.47 Å². The Labute approximate surface area is 124 Å². The minimum atomic E-state index is 0.167. The highest BCUT2D eigenvalue weighted by Crippen LogP contribution is 2.32. The smallest absolute Gasteiger partial charge is 0.233 e. The zero-order valence-corrected chi connectivity index (χ0v) is 12.4. The van der Waals surface area contributed by atoms with Crippen LogP contribution in [-0.2, 0) is 6.42 Å². The van der Waals surface area contributed by atoms with Gasteiger partial charge in [-0.05, 0) is 30.7 Å². The fourth-order valence-corrected chi connectivity index (χ4v) is 2.08. The fraction of sp³-hybridized carbons (Fsp3) is 0.312. The lowest BCUT2D eigenvalue weighted by Crippen LogP contribution is -2.00. The van der Waals surface area contributed by atoms with E-state index in [0.717, 1.165) is 24.1 Å². The molecule has 5 heteroatoms. The van der Waals surface area contributed by atoms with Crippen LogP contribution >= 0.6 is 0 Å². The average molecular weight is 283 g/mol. The molecule has 0 bridgehead atoms. The molecule has 0 saturated carbocycles. The lowest BCUT2D eigenvalue weighted by molar-refractivity contribution is 0.404. The molecule has 0 atom stereocenters. The van der Waals surface area contributed by atoms with Crippen molar-refractivity contribution in [1.29, 1.82) is 5.26 Å². The Balaban J connectivity index is 2.59. The topological polar surface area (TPSA) is 68.0 Å². The molecule has 1 aromatic carbocycles. The number of benzene rings is 1. The van der Waals surface area contributed by atoms with E-state index in [1.165, 1.54) is 0 Å². The van der Waals surface area contributed by atoms with E-state index >= 15 is 0 Å². The maximum atomic E-state index is 9.10. The summed E-state index contributed by atoms with van der Waals surface area (Å²) < 4.78 is 10.6. The quantitative estimate of drug-likeness (QED) is 0.843. The number of nitriles is 1. The van der Waals surface area contributed by atoms with E-state index in [1.54, 1.807) is 14.2 Å². The van der Waals surface area contributed by atoms with Crippen molar-refractivity contribution in [2.24, 2.45) is 0 Å². The highest BCUT2D eigenvalue weighted by Gasteiger charge is 2.12. The molecule has 0 fully saturated rings. The molecular weight excluding hydrogens is 266 g/mol. The maximum Gasteiger partial charge on any atom is 0.233 e. The average Bonchev–Trinajstić information content (AvgIpc) is 2.54. The van der Waals surface area contributed by atoms with Gasteiger partial charge in [0.1, 0.15) is 17.6 Å². The van der Waals surface area contributed by atoms with Gasteiger partial charge in [-0.2, -0.15) is 5.26 Å². The molecule has 2 rings (SSSR count). The second-order valence-electron chi connectivity index (χ2n) is 4.50. The molecule has 0 aliphatic carbocycles. The van der Waals surface area contributed by atoms with Gasteiger partial charge in [0.25, 0.3) is 0 Å². The minimum absolute atomic E-state index is 0.167. The first-order valence-corrected chi connectivity index (χ1v) is 6.72. The molecule has 0 saturated heterocycles. The van der Waals surface area contributed by atoms with Crippen LogP contribution in [0.15, 0.2) is 24.3 Å². The molecule has 2 aromatic rings. The third kappa shape index (κ3) is 3.29. The number of hydrogen-bond acceptors (Lipinski definition) is 5. The van der Waals surface area contributed by atoms with Gasteiger partial charge in [-0.1, -0.05) is 13.3 Å². The third-order valence-corrected chi connectivity index (χ3v) is 3.07. The van der Waals surface area contributed by atoms with Crippen LogP contribution in [0.25, 0.3) is 11.3 Å². The summed E-state index contributed by atoms with van der Waals surface area (Å²) in [5.41, 5.74) is 2.30. The Bertz CT molecular complexity index is 678. The molecule has 0 N–H and O–H groups in total. The summed E-state index contributed by atoms with van der Waals surface area (Å²) in [6, 6.07) is 9.39. The predicted octanol–water partition coefficient (Wildman–Crippen LogP) is 2.98. The second-order valence-corrected chi connectivity index (χ2v) is 4.50. The van der Waals surface area contributed by atoms with Crippen LogP contribution in [0.4, 0.5) is 0 Å². The summed E-state index contributed by atoms with van der Waals surface area (Å²) in [4.78, 5) is 8.50. The number of ether oxygens (including phenoxy) is 2. The number of aromatic nitrogens is 2. The standard InChI is InChI=1S/C16H17N3O2/c1-4-5-11-8-14(19-16(10-17)18-11)13-9-12(20-2)6-7-15(13)21-3/h6-9H,4-5H2,1-3H3. The number of nitrogens with zero attached hydrogens (tertiary/aromatic N) is 3. The first kappa shape index (κ1) is 14.8. The van der Waals surface area contributed by atoms with E-state index in [0.29, 0.717) is 17.2 Å². The van der Waals surface area contributed by atoms with Crippen molar-refractivity contribution in [1.82, 2.24) is 9.97 Å². The summed E-state index contributed by atoms with van der Waals surface area (Å²) in [6.07, 6.45) is 1.76. The van der Waals surface area contributed by atoms with Crippen molar-refractivity contribution in [2.75, 3.05) is 14.2 Å². The zero-order chi connectivity index (χ0) is 15.2. The van der Waals surface area contributed by atoms with E-state index in [-0.39, 0.29) is 5.82 Å². The molecule has 0 spiro atoms. The van der Waals surface area contributed by atoms with Crippen LogP contribution in [0, 0.1) is 11.3 Å². The molecular formula is C16H17N3O2. The first-order chi connectivity index (χ1) is 10.2. The van der Waals surface area contributed by atoms with Crippen molar-refractivity contribution < 1.29 is 9.47 Å². The van der Waals surface area contributed by atoms with E-state index in [4.69, 9.17) is 14.7 Å². The van der Waals surface area contributed by atoms with Crippen molar-refractivity contribution in [3.8, 4) is 28.8 Å². The zero-order valence-electron chi connectivity index (χ0n) is 12.4. The maximum absolute atomic E-state index is 9.10. The Hall–Kier alpha value is -2.61. The van der Waals surface area contributed by atoms with Crippen LogP contribution < -0.4 is 9.47 Å². The van der Waals surface area contributed by atoms with Crippen LogP contribution in [0.1, 0.15) is 24.9 Å². The largest absolute Gasteiger partial charge is 0.497 e. The van der Waals surface area contributed by atoms with Gasteiger partial charge in [-0.3, -0.25) is 0 Å². The Kier molecular flexibility index (Phi) is 4.72. The lowest BCUT2D eigenvalue weighted by Gasteiger charge is -2.11. The Morgan fingerprint density at radius 2 is 1.95 bits per heavy atom. The van der Waals surface area contributed by atoms with Crippen molar-refractivity contribution >= 4 is 0 Å². The summed E-state index contributed by atoms with van der Waals surface area (Å²) in [5.74, 6) is 1.56. The van der Waals surface area contributed by atoms with Gasteiger partial charge in [0.05, 0.1) is 19.9 Å². The number of methoxy groups -OCH3 is 2. The van der Waals surface area contributed by atoms with Crippen LogP contribution in [0.5, 0.6) is 11.5 Å². The van der Waals surface area contributed by atoms with Crippen molar-refractivity contribution in [3.05, 3.63) is 35.8 Å². The van der Waals surface area contributed by atoms with E-state index in [2.05, 4.69) is 16.9 Å². The molecule has 108 valence electrons. The monoisotopic (exact) mass is 283 g/mol. The van der Waals surface area contributed by atoms with Crippen molar-refractivity contribution in [3.63, 3.8) is 0 Å². The minimum Gasteiger partial charge on any atom is -0.497 e. The van der Waals surface area contributed by atoms with Crippen LogP contribution in [0.3, 0.4) is 0 Å². The third-order valence-electron chi connectivity index (χ3n) is 3.07. The molecule has 21 heavy (non-hydrogen) atoms. The van der Waals surface area contributed by atoms with E-state index in [9.17, 15) is 0 Å². The summed E-state index contributed by atoms with van der Waals surface area (Å²) in [6.45, 7) is 2.07. The lowest BCUT2D eigenvalue weighted by atomic mass is 10.1. The number of hydrogen-bond donors (Lipinski definition) is 0. The highest BCUT2D eigenvalue weighted by atomic mass is 16.5. The Morgan fingerprint density at radius 3 is 2.57 bits per heavy atom. The van der Waals surface area contributed by atoms with E-state index in [1.807, 2.05) is 30.3 Å². The molecule has 1 aromatic heterocycles. The number of rotatable bonds is 5. The van der Waals surface area contributed by atoms with Gasteiger partial charge in [-0.15, -0.1) is 0 Å². The van der Waals surface area contributed by atoms with Gasteiger partial charge in [0.2, 0.25) is 5.82 Å². The summed E-state index contributed by atoms with van der Waals surface area (Å²) >= 11 is 0. The van der Waals surface area contributed by atoms with Gasteiger partial charge >= 0.3 is 0 Å². The molecule has 0 aliphatic rings. The Morgan fingerprint density at radius 1 is 1.14 bits per heavy atom. The summed E-state index contributed by atoms with van der Waals surface area (Å²) in [5, 5.41) is 9.10. The summed E-state index contributed by atoms with van der Waals surface area (Å²) in [7, 11) is 3.21. The van der Waals surface area contributed by atoms with Gasteiger partial charge in [-0.25, -0.2) is 9.97 Å². The molecule has 0 unspecified atom stereocenters. The first-order valence-electron chi connectivity index (χ1n) is 6.72. The van der Waals surface area contributed by atoms with Crippen LogP contribution in [-0.4, -0.2) is 24.2 Å². The highest BCUT2D eigenvalue weighted by molar-refractivity contribution is 5.69. The fourth-order valence-electron chi connectivity index (χ4n) is 2.08.